The lowest BCUT2D eigenvalue weighted by Crippen LogP contribution is -2.47. The molecule has 0 unspecified atom stereocenters. The number of rotatable bonds is 9. The molecule has 2 aromatic carbocycles. The Morgan fingerprint density at radius 3 is 2.04 bits per heavy atom. The van der Waals surface area contributed by atoms with Gasteiger partial charge in [-0.25, -0.2) is 0 Å². The summed E-state index contributed by atoms with van der Waals surface area (Å²) in [6, 6.07) is 19.6. The molecule has 26 heavy (non-hydrogen) atoms. The van der Waals surface area contributed by atoms with Crippen molar-refractivity contribution in [1.29, 1.82) is 0 Å². The van der Waals surface area contributed by atoms with E-state index in [9.17, 15) is 4.79 Å². The number of carbonyl (C=O) groups is 1. The van der Waals surface area contributed by atoms with Gasteiger partial charge in [-0.1, -0.05) is 48.5 Å². The summed E-state index contributed by atoms with van der Waals surface area (Å²) < 4.78 is 5.78. The molecule has 3 rings (SSSR count). The minimum absolute atomic E-state index is 0.252. The van der Waals surface area contributed by atoms with Crippen molar-refractivity contribution in [3.05, 3.63) is 66.2 Å². The Balaban J connectivity index is 1.27. The molecule has 0 radical (unpaired) electrons. The monoisotopic (exact) mass is 352 g/mol. The first-order valence-corrected chi connectivity index (χ1v) is 9.52. The number of carbonyl (C=O) groups excluding carboxylic acids is 1. The first-order valence-electron chi connectivity index (χ1n) is 9.52. The van der Waals surface area contributed by atoms with Gasteiger partial charge in [-0.2, -0.15) is 0 Å². The van der Waals surface area contributed by atoms with Gasteiger partial charge in [0.1, 0.15) is 12.4 Å². The molecule has 138 valence electrons. The van der Waals surface area contributed by atoms with Crippen molar-refractivity contribution in [2.24, 2.45) is 0 Å². The molecule has 2 aromatic rings. The van der Waals surface area contributed by atoms with Crippen LogP contribution < -0.4 is 4.74 Å². The standard InChI is InChI=1S/C22H28N2O2/c25-22(20-8-3-1-4-9-20)12-7-13-23-14-16-24(17-15-23)18-19-26-21-10-5-2-6-11-21/h1-6,8-11H,7,12-19H2. The quantitative estimate of drug-likeness (QED) is 0.648. The summed E-state index contributed by atoms with van der Waals surface area (Å²) in [5, 5.41) is 0. The van der Waals surface area contributed by atoms with Crippen molar-refractivity contribution in [3.8, 4) is 5.75 Å². The van der Waals surface area contributed by atoms with E-state index in [1.807, 2.05) is 60.7 Å². The zero-order chi connectivity index (χ0) is 18.0. The molecule has 0 spiro atoms. The Kier molecular flexibility index (Phi) is 7.23. The largest absolute Gasteiger partial charge is 0.492 e. The summed E-state index contributed by atoms with van der Waals surface area (Å²) in [7, 11) is 0. The van der Waals surface area contributed by atoms with Gasteiger partial charge >= 0.3 is 0 Å². The van der Waals surface area contributed by atoms with Crippen LogP contribution in [-0.4, -0.2) is 61.5 Å². The smallest absolute Gasteiger partial charge is 0.162 e. The lowest BCUT2D eigenvalue weighted by molar-refractivity contribution is 0.0953. The summed E-state index contributed by atoms with van der Waals surface area (Å²) in [6.45, 7) is 7.00. The van der Waals surface area contributed by atoms with Crippen LogP contribution in [0.3, 0.4) is 0 Å². The molecule has 1 saturated heterocycles. The summed E-state index contributed by atoms with van der Waals surface area (Å²) in [5.74, 6) is 1.19. The molecule has 0 bridgehead atoms. The van der Waals surface area contributed by atoms with Gasteiger partial charge in [-0.05, 0) is 25.1 Å². The van der Waals surface area contributed by atoms with Crippen molar-refractivity contribution >= 4 is 5.78 Å². The molecule has 1 fully saturated rings. The summed E-state index contributed by atoms with van der Waals surface area (Å²) in [5.41, 5.74) is 0.829. The van der Waals surface area contributed by atoms with Gasteiger partial charge in [-0.3, -0.25) is 9.69 Å². The molecule has 4 heteroatoms. The normalized spacial score (nSPS) is 15.7. The van der Waals surface area contributed by atoms with Crippen molar-refractivity contribution in [2.45, 2.75) is 12.8 Å². The Labute approximate surface area is 156 Å². The van der Waals surface area contributed by atoms with E-state index in [-0.39, 0.29) is 5.78 Å². The number of piperazine rings is 1. The van der Waals surface area contributed by atoms with E-state index in [1.54, 1.807) is 0 Å². The van der Waals surface area contributed by atoms with Crippen molar-refractivity contribution in [1.82, 2.24) is 9.80 Å². The minimum atomic E-state index is 0.252. The number of hydrogen-bond donors (Lipinski definition) is 0. The van der Waals surface area contributed by atoms with Crippen LogP contribution in [0.4, 0.5) is 0 Å². The first kappa shape index (κ1) is 18.6. The molecule has 1 aliphatic rings. The van der Waals surface area contributed by atoms with Gasteiger partial charge < -0.3 is 9.64 Å². The highest BCUT2D eigenvalue weighted by Crippen LogP contribution is 2.10. The second-order valence-corrected chi connectivity index (χ2v) is 6.74. The third-order valence-corrected chi connectivity index (χ3v) is 4.86. The van der Waals surface area contributed by atoms with Crippen LogP contribution in [0.1, 0.15) is 23.2 Å². The van der Waals surface area contributed by atoms with Crippen LogP contribution in [-0.2, 0) is 0 Å². The molecule has 4 nitrogen and oxygen atoms in total. The van der Waals surface area contributed by atoms with E-state index in [0.29, 0.717) is 6.42 Å². The van der Waals surface area contributed by atoms with E-state index in [4.69, 9.17) is 4.74 Å². The van der Waals surface area contributed by atoms with Gasteiger partial charge in [-0.15, -0.1) is 0 Å². The zero-order valence-corrected chi connectivity index (χ0v) is 15.3. The fourth-order valence-corrected chi connectivity index (χ4v) is 3.28. The third-order valence-electron chi connectivity index (χ3n) is 4.86. The van der Waals surface area contributed by atoms with E-state index in [1.165, 1.54) is 0 Å². The number of para-hydroxylation sites is 1. The molecule has 0 amide bonds. The van der Waals surface area contributed by atoms with Crippen molar-refractivity contribution < 1.29 is 9.53 Å². The van der Waals surface area contributed by atoms with Crippen LogP contribution in [0.25, 0.3) is 0 Å². The molecule has 0 N–H and O–H groups in total. The van der Waals surface area contributed by atoms with E-state index in [2.05, 4.69) is 9.80 Å². The van der Waals surface area contributed by atoms with E-state index in [0.717, 1.165) is 63.6 Å². The molecule has 0 aliphatic carbocycles. The predicted molar refractivity (Wildman–Crippen MR) is 105 cm³/mol. The highest BCUT2D eigenvalue weighted by atomic mass is 16.5. The maximum Gasteiger partial charge on any atom is 0.162 e. The highest BCUT2D eigenvalue weighted by molar-refractivity contribution is 5.95. The Morgan fingerprint density at radius 2 is 1.38 bits per heavy atom. The second kappa shape index (κ2) is 10.1. The zero-order valence-electron chi connectivity index (χ0n) is 15.3. The van der Waals surface area contributed by atoms with Crippen LogP contribution >= 0.6 is 0 Å². The molecule has 1 heterocycles. The molecule has 0 saturated carbocycles. The van der Waals surface area contributed by atoms with Crippen molar-refractivity contribution in [2.75, 3.05) is 45.9 Å². The average molecular weight is 352 g/mol. The van der Waals surface area contributed by atoms with Gasteiger partial charge in [0, 0.05) is 44.7 Å². The number of nitrogens with zero attached hydrogens (tertiary/aromatic N) is 2. The summed E-state index contributed by atoms with van der Waals surface area (Å²) in [4.78, 5) is 17.1. The lowest BCUT2D eigenvalue weighted by atomic mass is 10.1. The van der Waals surface area contributed by atoms with Crippen LogP contribution in [0.2, 0.25) is 0 Å². The maximum absolute atomic E-state index is 12.1. The number of benzene rings is 2. The SMILES string of the molecule is O=C(CCCN1CCN(CCOc2ccccc2)CC1)c1ccccc1. The maximum atomic E-state index is 12.1. The number of ketones is 1. The Hall–Kier alpha value is -2.17. The molecular weight excluding hydrogens is 324 g/mol. The number of Topliss-reactive ketones (excluding diaryl/α,β-unsaturated/α-hetero) is 1. The molecule has 1 aliphatic heterocycles. The average Bonchev–Trinajstić information content (AvgIpc) is 2.70. The van der Waals surface area contributed by atoms with Crippen LogP contribution in [0.5, 0.6) is 5.75 Å². The summed E-state index contributed by atoms with van der Waals surface area (Å²) in [6.07, 6.45) is 1.57. The van der Waals surface area contributed by atoms with Gasteiger partial charge in [0.25, 0.3) is 0 Å². The topological polar surface area (TPSA) is 32.8 Å². The van der Waals surface area contributed by atoms with Crippen LogP contribution in [0.15, 0.2) is 60.7 Å². The van der Waals surface area contributed by atoms with Gasteiger partial charge in [0.2, 0.25) is 0 Å². The predicted octanol–water partition coefficient (Wildman–Crippen LogP) is 3.35. The van der Waals surface area contributed by atoms with E-state index < -0.39 is 0 Å². The van der Waals surface area contributed by atoms with Gasteiger partial charge in [0.15, 0.2) is 5.78 Å². The van der Waals surface area contributed by atoms with Gasteiger partial charge in [0.05, 0.1) is 0 Å². The Morgan fingerprint density at radius 1 is 0.808 bits per heavy atom. The first-order chi connectivity index (χ1) is 12.8. The Bertz CT molecular complexity index is 652. The molecular formula is C22H28N2O2. The lowest BCUT2D eigenvalue weighted by Gasteiger charge is -2.34. The minimum Gasteiger partial charge on any atom is -0.492 e. The fraction of sp³-hybridized carbons (Fsp3) is 0.409. The highest BCUT2D eigenvalue weighted by Gasteiger charge is 2.16. The summed E-state index contributed by atoms with van der Waals surface area (Å²) >= 11 is 0. The number of ether oxygens (including phenoxy) is 1. The fourth-order valence-electron chi connectivity index (χ4n) is 3.28. The van der Waals surface area contributed by atoms with Crippen molar-refractivity contribution in [3.63, 3.8) is 0 Å². The molecule has 0 aromatic heterocycles. The third kappa shape index (κ3) is 5.97. The van der Waals surface area contributed by atoms with Crippen LogP contribution in [0, 0.1) is 0 Å². The second-order valence-electron chi connectivity index (χ2n) is 6.74. The number of hydrogen-bond acceptors (Lipinski definition) is 4. The molecule has 0 atom stereocenters. The van der Waals surface area contributed by atoms with E-state index >= 15 is 0 Å².